The van der Waals surface area contributed by atoms with Crippen molar-refractivity contribution in [2.75, 3.05) is 14.2 Å². The summed E-state index contributed by atoms with van der Waals surface area (Å²) in [6.07, 6.45) is 1.68. The Morgan fingerprint density at radius 1 is 1.50 bits per heavy atom. The van der Waals surface area contributed by atoms with E-state index in [1.165, 1.54) is 0 Å². The van der Waals surface area contributed by atoms with Crippen LogP contribution >= 0.6 is 0 Å². The van der Waals surface area contributed by atoms with Gasteiger partial charge in [-0.05, 0) is 20.8 Å². The van der Waals surface area contributed by atoms with E-state index in [2.05, 4.69) is 5.10 Å². The molecule has 92 valence electrons. The fourth-order valence-electron chi connectivity index (χ4n) is 1.56. The molecule has 1 atom stereocenters. The van der Waals surface area contributed by atoms with Crippen LogP contribution in [0, 0.1) is 0 Å². The first kappa shape index (κ1) is 13.0. The Labute approximate surface area is 96.5 Å². The normalized spacial score (nSPS) is 13.9. The van der Waals surface area contributed by atoms with Gasteiger partial charge < -0.3 is 15.2 Å². The molecular formula is C11H21N3O2. The van der Waals surface area contributed by atoms with Gasteiger partial charge in [-0.25, -0.2) is 0 Å². The second kappa shape index (κ2) is 4.84. The molecule has 0 amide bonds. The number of nitrogens with zero attached hydrogens (tertiary/aromatic N) is 2. The van der Waals surface area contributed by atoms with Crippen LogP contribution in [0.5, 0.6) is 5.75 Å². The molecule has 5 nitrogen and oxygen atoms in total. The zero-order valence-corrected chi connectivity index (χ0v) is 10.7. The molecule has 1 aromatic heterocycles. The number of rotatable bonds is 5. The zero-order valence-electron chi connectivity index (χ0n) is 10.7. The molecule has 1 aromatic rings. The summed E-state index contributed by atoms with van der Waals surface area (Å²) in [6.45, 7) is 6.67. The van der Waals surface area contributed by atoms with Crippen LogP contribution in [0.3, 0.4) is 0 Å². The molecule has 0 aromatic carbocycles. The summed E-state index contributed by atoms with van der Waals surface area (Å²) in [4.78, 5) is 0. The van der Waals surface area contributed by atoms with Gasteiger partial charge in [-0.1, -0.05) is 0 Å². The van der Waals surface area contributed by atoms with Crippen molar-refractivity contribution < 1.29 is 9.47 Å². The maximum atomic E-state index is 6.21. The molecule has 0 aliphatic carbocycles. The van der Waals surface area contributed by atoms with Gasteiger partial charge in [0.2, 0.25) is 0 Å². The van der Waals surface area contributed by atoms with Crippen LogP contribution in [-0.4, -0.2) is 29.6 Å². The maximum absolute atomic E-state index is 6.21. The first-order valence-corrected chi connectivity index (χ1v) is 5.38. The van der Waals surface area contributed by atoms with Gasteiger partial charge in [-0.2, -0.15) is 5.10 Å². The molecule has 0 fully saturated rings. The molecule has 0 saturated carbocycles. The highest BCUT2D eigenvalue weighted by Crippen LogP contribution is 2.32. The van der Waals surface area contributed by atoms with Crippen LogP contribution in [0.15, 0.2) is 6.20 Å². The highest BCUT2D eigenvalue weighted by atomic mass is 16.5. The standard InChI is InChI=1S/C11H21N3O2/c1-6-14-9(8(15-4)7-13-14)10(12)11(2,3)16-5/h7,10H,6,12H2,1-5H3. The van der Waals surface area contributed by atoms with E-state index in [0.717, 1.165) is 12.2 Å². The van der Waals surface area contributed by atoms with Crippen molar-refractivity contribution in [3.63, 3.8) is 0 Å². The average molecular weight is 227 g/mol. The Hall–Kier alpha value is -1.07. The van der Waals surface area contributed by atoms with E-state index < -0.39 is 5.60 Å². The molecule has 0 radical (unpaired) electrons. The minimum absolute atomic E-state index is 0.283. The van der Waals surface area contributed by atoms with Gasteiger partial charge in [0, 0.05) is 13.7 Å². The average Bonchev–Trinajstić information content (AvgIpc) is 2.70. The molecule has 5 heteroatoms. The van der Waals surface area contributed by atoms with Crippen LogP contribution in [0.4, 0.5) is 0 Å². The summed E-state index contributed by atoms with van der Waals surface area (Å²) in [5.41, 5.74) is 6.63. The third-order valence-corrected chi connectivity index (χ3v) is 2.93. The van der Waals surface area contributed by atoms with E-state index in [0.29, 0.717) is 5.75 Å². The smallest absolute Gasteiger partial charge is 0.161 e. The monoisotopic (exact) mass is 227 g/mol. The summed E-state index contributed by atoms with van der Waals surface area (Å²) < 4.78 is 12.5. The first-order valence-electron chi connectivity index (χ1n) is 5.38. The summed E-state index contributed by atoms with van der Waals surface area (Å²) in [5.74, 6) is 0.708. The number of nitrogens with two attached hydrogens (primary N) is 1. The van der Waals surface area contributed by atoms with Gasteiger partial charge in [0.1, 0.15) is 0 Å². The van der Waals surface area contributed by atoms with Crippen molar-refractivity contribution in [3.8, 4) is 5.75 Å². The Morgan fingerprint density at radius 3 is 2.56 bits per heavy atom. The number of aryl methyl sites for hydroxylation is 1. The second-order valence-corrected chi connectivity index (χ2v) is 4.20. The van der Waals surface area contributed by atoms with E-state index in [4.69, 9.17) is 15.2 Å². The molecule has 1 heterocycles. The summed E-state index contributed by atoms with van der Waals surface area (Å²) in [7, 11) is 3.27. The molecule has 2 N–H and O–H groups in total. The molecule has 16 heavy (non-hydrogen) atoms. The van der Waals surface area contributed by atoms with Crippen molar-refractivity contribution in [3.05, 3.63) is 11.9 Å². The van der Waals surface area contributed by atoms with E-state index >= 15 is 0 Å². The minimum Gasteiger partial charge on any atom is -0.493 e. The van der Waals surface area contributed by atoms with Gasteiger partial charge in [-0.3, -0.25) is 4.68 Å². The molecular weight excluding hydrogens is 206 g/mol. The van der Waals surface area contributed by atoms with Crippen molar-refractivity contribution in [2.24, 2.45) is 5.73 Å². The Balaban J connectivity index is 3.14. The second-order valence-electron chi connectivity index (χ2n) is 4.20. The van der Waals surface area contributed by atoms with Crippen molar-refractivity contribution in [2.45, 2.75) is 39.0 Å². The third kappa shape index (κ3) is 2.20. The van der Waals surface area contributed by atoms with Gasteiger partial charge in [0.15, 0.2) is 5.75 Å². The lowest BCUT2D eigenvalue weighted by Crippen LogP contribution is -2.38. The van der Waals surface area contributed by atoms with Gasteiger partial charge in [0.05, 0.1) is 30.6 Å². The number of hydrogen-bond acceptors (Lipinski definition) is 4. The quantitative estimate of drug-likeness (QED) is 0.824. The SMILES string of the molecule is CCn1ncc(OC)c1C(N)C(C)(C)OC. The van der Waals surface area contributed by atoms with Crippen LogP contribution in [0.2, 0.25) is 0 Å². The van der Waals surface area contributed by atoms with Gasteiger partial charge in [0.25, 0.3) is 0 Å². The highest BCUT2D eigenvalue weighted by Gasteiger charge is 2.32. The van der Waals surface area contributed by atoms with Crippen LogP contribution in [-0.2, 0) is 11.3 Å². The Bertz CT molecular complexity index is 325. The van der Waals surface area contributed by atoms with E-state index in [-0.39, 0.29) is 6.04 Å². The topological polar surface area (TPSA) is 62.3 Å². The van der Waals surface area contributed by atoms with Crippen molar-refractivity contribution in [1.29, 1.82) is 0 Å². The van der Waals surface area contributed by atoms with Crippen molar-refractivity contribution in [1.82, 2.24) is 9.78 Å². The van der Waals surface area contributed by atoms with Gasteiger partial charge >= 0.3 is 0 Å². The largest absolute Gasteiger partial charge is 0.493 e. The lowest BCUT2D eigenvalue weighted by molar-refractivity contribution is -0.00277. The Morgan fingerprint density at radius 2 is 2.12 bits per heavy atom. The summed E-state index contributed by atoms with van der Waals surface area (Å²) >= 11 is 0. The minimum atomic E-state index is -0.458. The first-order chi connectivity index (χ1) is 7.47. The lowest BCUT2D eigenvalue weighted by Gasteiger charge is -2.30. The molecule has 0 saturated heterocycles. The number of methoxy groups -OCH3 is 2. The zero-order chi connectivity index (χ0) is 12.3. The summed E-state index contributed by atoms with van der Waals surface area (Å²) in [5, 5.41) is 4.23. The third-order valence-electron chi connectivity index (χ3n) is 2.93. The predicted molar refractivity (Wildman–Crippen MR) is 62.5 cm³/mol. The van der Waals surface area contributed by atoms with E-state index in [1.807, 2.05) is 25.5 Å². The number of ether oxygens (including phenoxy) is 2. The van der Waals surface area contributed by atoms with Crippen LogP contribution in [0.1, 0.15) is 32.5 Å². The molecule has 0 aliphatic heterocycles. The lowest BCUT2D eigenvalue weighted by atomic mass is 9.96. The number of hydrogen-bond donors (Lipinski definition) is 1. The highest BCUT2D eigenvalue weighted by molar-refractivity contribution is 5.29. The molecule has 1 rings (SSSR count). The summed E-state index contributed by atoms with van der Waals surface area (Å²) in [6, 6.07) is -0.283. The van der Waals surface area contributed by atoms with E-state index in [9.17, 15) is 0 Å². The van der Waals surface area contributed by atoms with E-state index in [1.54, 1.807) is 20.4 Å². The van der Waals surface area contributed by atoms with Crippen molar-refractivity contribution >= 4 is 0 Å². The fourth-order valence-corrected chi connectivity index (χ4v) is 1.56. The molecule has 0 bridgehead atoms. The van der Waals surface area contributed by atoms with Crippen LogP contribution in [0.25, 0.3) is 0 Å². The molecule has 1 unspecified atom stereocenters. The van der Waals surface area contributed by atoms with Gasteiger partial charge in [-0.15, -0.1) is 0 Å². The molecule has 0 spiro atoms. The molecule has 0 aliphatic rings. The predicted octanol–water partition coefficient (Wildman–Crippen LogP) is 1.34. The maximum Gasteiger partial charge on any atom is 0.161 e. The Kier molecular flexibility index (Phi) is 3.93. The fraction of sp³-hybridized carbons (Fsp3) is 0.727. The number of aromatic nitrogens is 2. The van der Waals surface area contributed by atoms with Crippen LogP contribution < -0.4 is 10.5 Å².